The Morgan fingerprint density at radius 1 is 0.921 bits per heavy atom. The quantitative estimate of drug-likeness (QED) is 0.279. The van der Waals surface area contributed by atoms with Crippen LogP contribution in [0.4, 0.5) is 17.2 Å². The van der Waals surface area contributed by atoms with Crippen LogP contribution in [0.2, 0.25) is 0 Å². The molecule has 2 aliphatic rings. The third-order valence-corrected chi connectivity index (χ3v) is 11.9. The van der Waals surface area contributed by atoms with Gasteiger partial charge < -0.3 is 9.99 Å². The number of allylic oxidation sites excluding steroid dienone is 2. The standard InChI is InChI=1S/C31H32N5PS/c1-20-16-17-21(2)25(18-20)34-37(38)27(29-31(4,5)24-14-10-11-15-26(24)35(29)6)19-32-30-28(37)22(3)33-36(30)23-12-8-7-9-13-23/h7-19H,1-6H3,(H,34,38)/b29-27+. The third kappa shape index (κ3) is 3.62. The highest BCUT2D eigenvalue weighted by Crippen LogP contribution is 2.62. The number of anilines is 2. The van der Waals surface area contributed by atoms with Crippen LogP contribution in [-0.2, 0) is 17.2 Å². The van der Waals surface area contributed by atoms with Crippen molar-refractivity contribution in [2.45, 2.75) is 40.0 Å². The molecular weight excluding hydrogens is 505 g/mol. The topological polar surface area (TPSA) is 45.4 Å². The van der Waals surface area contributed by atoms with Gasteiger partial charge in [-0.3, -0.25) is 0 Å². The SMILES string of the molecule is Cc1ccc(C)c(NP2(=S)/C(=C3/N(C)c4ccccc4C3(C)C)C=Nc3c2c(C)nn3-c2ccccc2)c1. The second-order valence-electron chi connectivity index (χ2n) is 10.7. The Bertz CT molecular complexity index is 1700. The number of fused-ring (bicyclic) bond motifs is 2. The van der Waals surface area contributed by atoms with Gasteiger partial charge in [-0.1, -0.05) is 74.2 Å². The van der Waals surface area contributed by atoms with Crippen LogP contribution in [0.15, 0.2) is 88.8 Å². The third-order valence-electron chi connectivity index (χ3n) is 7.75. The van der Waals surface area contributed by atoms with E-state index in [1.54, 1.807) is 0 Å². The summed E-state index contributed by atoms with van der Waals surface area (Å²) in [5.74, 6) is 0.815. The fourth-order valence-corrected chi connectivity index (χ4v) is 10.1. The Balaban J connectivity index is 1.65. The lowest BCUT2D eigenvalue weighted by Gasteiger charge is -2.35. The molecule has 0 radical (unpaired) electrons. The molecule has 1 unspecified atom stereocenters. The number of benzene rings is 3. The Kier molecular flexibility index (Phi) is 5.75. The molecule has 192 valence electrons. The van der Waals surface area contributed by atoms with E-state index in [1.807, 2.05) is 29.1 Å². The lowest BCUT2D eigenvalue weighted by atomic mass is 9.84. The van der Waals surface area contributed by atoms with E-state index >= 15 is 0 Å². The molecule has 4 aromatic rings. The molecule has 3 aromatic carbocycles. The Morgan fingerprint density at radius 3 is 2.37 bits per heavy atom. The second-order valence-corrected chi connectivity index (χ2v) is 14.8. The van der Waals surface area contributed by atoms with E-state index in [-0.39, 0.29) is 5.41 Å². The van der Waals surface area contributed by atoms with Gasteiger partial charge in [-0.2, -0.15) is 5.10 Å². The Morgan fingerprint density at radius 2 is 1.63 bits per heavy atom. The molecule has 5 nitrogen and oxygen atoms in total. The van der Waals surface area contributed by atoms with Gasteiger partial charge >= 0.3 is 0 Å². The van der Waals surface area contributed by atoms with E-state index in [4.69, 9.17) is 21.9 Å². The Hall–Kier alpha value is -3.47. The summed E-state index contributed by atoms with van der Waals surface area (Å²) >= 11 is 6.84. The zero-order valence-corrected chi connectivity index (χ0v) is 24.4. The normalized spacial score (nSPS) is 21.4. The van der Waals surface area contributed by atoms with E-state index in [1.165, 1.54) is 28.1 Å². The highest BCUT2D eigenvalue weighted by molar-refractivity contribution is 8.21. The van der Waals surface area contributed by atoms with Gasteiger partial charge in [-0.15, -0.1) is 0 Å². The summed E-state index contributed by atoms with van der Waals surface area (Å²) in [5.41, 5.74) is 8.79. The van der Waals surface area contributed by atoms with Crippen LogP contribution in [0.5, 0.6) is 0 Å². The molecule has 0 amide bonds. The lowest BCUT2D eigenvalue weighted by Crippen LogP contribution is -2.29. The number of rotatable bonds is 3. The number of para-hydroxylation sites is 2. The molecular formula is C31H32N5PS. The minimum Gasteiger partial charge on any atom is -0.350 e. The van der Waals surface area contributed by atoms with Gasteiger partial charge in [0, 0.05) is 41.1 Å². The summed E-state index contributed by atoms with van der Waals surface area (Å²) in [5, 5.41) is 11.0. The summed E-state index contributed by atoms with van der Waals surface area (Å²) in [4.78, 5) is 7.38. The number of nitrogens with zero attached hydrogens (tertiary/aromatic N) is 4. The largest absolute Gasteiger partial charge is 0.350 e. The molecule has 2 aliphatic heterocycles. The molecule has 0 saturated carbocycles. The first kappa shape index (κ1) is 24.8. The highest BCUT2D eigenvalue weighted by Gasteiger charge is 2.45. The number of aliphatic imine (C=N–C) groups is 1. The first-order valence-corrected chi connectivity index (χ1v) is 15.7. The minimum atomic E-state index is -2.63. The van der Waals surface area contributed by atoms with Gasteiger partial charge in [0.15, 0.2) is 5.82 Å². The fourth-order valence-electron chi connectivity index (χ4n) is 5.87. The molecule has 0 fully saturated rings. The molecule has 6 rings (SSSR count). The summed E-state index contributed by atoms with van der Waals surface area (Å²) in [6.07, 6.45) is -0.611. The average Bonchev–Trinajstić information content (AvgIpc) is 3.34. The van der Waals surface area contributed by atoms with Crippen LogP contribution in [0.25, 0.3) is 5.69 Å². The van der Waals surface area contributed by atoms with E-state index in [0.717, 1.165) is 33.5 Å². The van der Waals surface area contributed by atoms with Crippen molar-refractivity contribution >= 4 is 46.7 Å². The van der Waals surface area contributed by atoms with Crippen molar-refractivity contribution < 1.29 is 0 Å². The van der Waals surface area contributed by atoms with Gasteiger partial charge in [0.2, 0.25) is 0 Å². The Labute approximate surface area is 230 Å². The summed E-state index contributed by atoms with van der Waals surface area (Å²) in [6, 6.07) is 25.3. The number of aryl methyl sites for hydroxylation is 3. The number of hydrogen-bond acceptors (Lipinski definition) is 4. The first-order chi connectivity index (χ1) is 18.1. The molecule has 3 heterocycles. The average molecular weight is 538 g/mol. The van der Waals surface area contributed by atoms with E-state index < -0.39 is 6.19 Å². The summed E-state index contributed by atoms with van der Waals surface area (Å²) in [6.45, 7) is 10.9. The molecule has 0 spiro atoms. The molecule has 7 heteroatoms. The van der Waals surface area contributed by atoms with Crippen LogP contribution in [0.3, 0.4) is 0 Å². The van der Waals surface area contributed by atoms with Gasteiger partial charge in [0.05, 0.1) is 22.9 Å². The predicted octanol–water partition coefficient (Wildman–Crippen LogP) is 7.28. The minimum absolute atomic E-state index is 0.235. The van der Waals surface area contributed by atoms with E-state index in [2.05, 4.69) is 106 Å². The van der Waals surface area contributed by atoms with Crippen LogP contribution >= 0.6 is 6.19 Å². The van der Waals surface area contributed by atoms with Gasteiger partial charge in [0.1, 0.15) is 0 Å². The van der Waals surface area contributed by atoms with Crippen LogP contribution in [0, 0.1) is 20.8 Å². The molecule has 0 aliphatic carbocycles. The molecule has 0 saturated heterocycles. The number of aromatic nitrogens is 2. The monoisotopic (exact) mass is 537 g/mol. The van der Waals surface area contributed by atoms with Crippen molar-refractivity contribution in [1.82, 2.24) is 9.78 Å². The second kappa shape index (κ2) is 8.79. The maximum Gasteiger partial charge on any atom is 0.166 e. The predicted molar refractivity (Wildman–Crippen MR) is 165 cm³/mol. The summed E-state index contributed by atoms with van der Waals surface area (Å²) < 4.78 is 1.94. The molecule has 38 heavy (non-hydrogen) atoms. The zero-order chi connectivity index (χ0) is 26.8. The lowest BCUT2D eigenvalue weighted by molar-refractivity contribution is 0.639. The van der Waals surface area contributed by atoms with Crippen LogP contribution < -0.4 is 15.3 Å². The molecule has 1 atom stereocenters. The van der Waals surface area contributed by atoms with Gasteiger partial charge in [0.25, 0.3) is 0 Å². The van der Waals surface area contributed by atoms with Crippen LogP contribution in [-0.4, -0.2) is 23.0 Å². The van der Waals surface area contributed by atoms with E-state index in [9.17, 15) is 0 Å². The number of nitrogens with one attached hydrogen (secondary N) is 1. The van der Waals surface area contributed by atoms with Crippen molar-refractivity contribution in [2.24, 2.45) is 4.99 Å². The maximum absolute atomic E-state index is 6.84. The van der Waals surface area contributed by atoms with Gasteiger partial charge in [-0.05, 0) is 61.7 Å². The van der Waals surface area contributed by atoms with Crippen LogP contribution in [0.1, 0.15) is 36.2 Å². The van der Waals surface area contributed by atoms with Crippen molar-refractivity contribution in [3.05, 3.63) is 106 Å². The summed E-state index contributed by atoms with van der Waals surface area (Å²) in [7, 11) is 2.15. The zero-order valence-electron chi connectivity index (χ0n) is 22.6. The van der Waals surface area contributed by atoms with Crippen molar-refractivity contribution in [3.8, 4) is 5.69 Å². The molecule has 1 N–H and O–H groups in total. The van der Waals surface area contributed by atoms with Gasteiger partial charge in [-0.25, -0.2) is 9.67 Å². The van der Waals surface area contributed by atoms with Crippen molar-refractivity contribution in [1.29, 1.82) is 0 Å². The molecule has 0 bridgehead atoms. The number of hydrogen-bond donors (Lipinski definition) is 1. The smallest absolute Gasteiger partial charge is 0.166 e. The van der Waals surface area contributed by atoms with E-state index in [0.29, 0.717) is 0 Å². The fraction of sp³-hybridized carbons (Fsp3) is 0.226. The first-order valence-electron chi connectivity index (χ1n) is 12.9. The number of likely N-dealkylation sites (N-methyl/N-ethyl adjacent to an activating group) is 1. The highest BCUT2D eigenvalue weighted by atomic mass is 32.4. The maximum atomic E-state index is 6.84. The van der Waals surface area contributed by atoms with Crippen molar-refractivity contribution in [2.75, 3.05) is 17.0 Å². The van der Waals surface area contributed by atoms with Crippen molar-refractivity contribution in [3.63, 3.8) is 0 Å². The molecule has 1 aromatic heterocycles.